The van der Waals surface area contributed by atoms with Gasteiger partial charge in [-0.2, -0.15) is 0 Å². The predicted molar refractivity (Wildman–Crippen MR) is 69.8 cm³/mol. The van der Waals surface area contributed by atoms with E-state index in [0.29, 0.717) is 5.88 Å². The van der Waals surface area contributed by atoms with Crippen molar-refractivity contribution in [1.82, 2.24) is 9.88 Å². The molecule has 0 atom stereocenters. The van der Waals surface area contributed by atoms with Gasteiger partial charge in [-0.1, -0.05) is 0 Å². The molecule has 0 N–H and O–H groups in total. The maximum atomic E-state index is 5.77. The Kier molecular flexibility index (Phi) is 6.96. The number of rotatable bonds is 7. The van der Waals surface area contributed by atoms with E-state index in [4.69, 9.17) is 16.3 Å². The van der Waals surface area contributed by atoms with E-state index in [9.17, 15) is 0 Å². The minimum atomic E-state index is 0.630. The van der Waals surface area contributed by atoms with Crippen molar-refractivity contribution >= 4 is 27.5 Å². The second-order valence-corrected chi connectivity index (χ2v) is 4.76. The van der Waals surface area contributed by atoms with Crippen molar-refractivity contribution in [3.8, 4) is 0 Å². The molecule has 90 valence electrons. The summed E-state index contributed by atoms with van der Waals surface area (Å²) in [5.41, 5.74) is 1.18. The molecule has 3 nitrogen and oxygen atoms in total. The van der Waals surface area contributed by atoms with Gasteiger partial charge in [0.15, 0.2) is 0 Å². The monoisotopic (exact) mass is 306 g/mol. The first kappa shape index (κ1) is 13.9. The summed E-state index contributed by atoms with van der Waals surface area (Å²) in [6.07, 6.45) is 3.66. The van der Waals surface area contributed by atoms with Crippen LogP contribution in [0.25, 0.3) is 0 Å². The summed E-state index contributed by atoms with van der Waals surface area (Å²) < 4.78 is 6.07. The summed E-state index contributed by atoms with van der Waals surface area (Å²) >= 11 is 9.18. The van der Waals surface area contributed by atoms with Crippen LogP contribution in [-0.2, 0) is 11.3 Å². The van der Waals surface area contributed by atoms with Gasteiger partial charge in [0, 0.05) is 49.5 Å². The number of halogens is 2. The largest absolute Gasteiger partial charge is 0.383 e. The first-order valence-electron chi connectivity index (χ1n) is 5.13. The van der Waals surface area contributed by atoms with E-state index in [2.05, 4.69) is 31.9 Å². The van der Waals surface area contributed by atoms with Crippen molar-refractivity contribution < 1.29 is 4.74 Å². The van der Waals surface area contributed by atoms with E-state index in [1.54, 1.807) is 13.3 Å². The second-order valence-electron chi connectivity index (χ2n) is 3.47. The van der Waals surface area contributed by atoms with E-state index in [1.807, 2.05) is 6.20 Å². The fraction of sp³-hybridized carbons (Fsp3) is 0.545. The van der Waals surface area contributed by atoms with E-state index >= 15 is 0 Å². The molecule has 0 saturated carbocycles. The van der Waals surface area contributed by atoms with E-state index < -0.39 is 0 Å². The van der Waals surface area contributed by atoms with Gasteiger partial charge in [0.2, 0.25) is 0 Å². The number of aromatic nitrogens is 1. The molecule has 0 aliphatic heterocycles. The fourth-order valence-electron chi connectivity index (χ4n) is 1.41. The molecule has 0 amide bonds. The predicted octanol–water partition coefficient (Wildman–Crippen LogP) is 2.53. The van der Waals surface area contributed by atoms with E-state index in [-0.39, 0.29) is 0 Å². The van der Waals surface area contributed by atoms with Crippen LogP contribution in [-0.4, -0.2) is 42.6 Å². The zero-order valence-electron chi connectivity index (χ0n) is 9.33. The molecular formula is C11H16BrClN2O. The maximum absolute atomic E-state index is 5.77. The van der Waals surface area contributed by atoms with E-state index in [1.165, 1.54) is 5.56 Å². The summed E-state index contributed by atoms with van der Waals surface area (Å²) in [6, 6.07) is 2.07. The Morgan fingerprint density at radius 3 is 2.88 bits per heavy atom. The number of hydrogen-bond acceptors (Lipinski definition) is 3. The van der Waals surface area contributed by atoms with Crippen LogP contribution in [0.2, 0.25) is 0 Å². The molecule has 0 aromatic carbocycles. The van der Waals surface area contributed by atoms with Gasteiger partial charge in [0.25, 0.3) is 0 Å². The number of pyridine rings is 1. The normalized spacial score (nSPS) is 11.0. The molecule has 0 unspecified atom stereocenters. The third-order valence-electron chi connectivity index (χ3n) is 2.18. The number of alkyl halides is 1. The molecule has 0 fully saturated rings. The summed E-state index contributed by atoms with van der Waals surface area (Å²) in [5.74, 6) is 0.630. The SMILES string of the molecule is COCCN(CCCl)Cc1cncc(Br)c1. The second kappa shape index (κ2) is 8.01. The van der Waals surface area contributed by atoms with Crippen molar-refractivity contribution in [2.45, 2.75) is 6.54 Å². The molecule has 0 saturated heterocycles. The van der Waals surface area contributed by atoms with Crippen LogP contribution < -0.4 is 0 Å². The van der Waals surface area contributed by atoms with Gasteiger partial charge in [0.05, 0.1) is 6.61 Å². The third-order valence-corrected chi connectivity index (χ3v) is 2.78. The Morgan fingerprint density at radius 2 is 2.25 bits per heavy atom. The molecule has 0 bridgehead atoms. The van der Waals surface area contributed by atoms with Gasteiger partial charge in [-0.3, -0.25) is 9.88 Å². The summed E-state index contributed by atoms with van der Waals surface area (Å²) in [5, 5.41) is 0. The smallest absolute Gasteiger partial charge is 0.0589 e. The van der Waals surface area contributed by atoms with Crippen LogP contribution in [0.4, 0.5) is 0 Å². The Balaban J connectivity index is 2.52. The van der Waals surface area contributed by atoms with Gasteiger partial charge in [0.1, 0.15) is 0 Å². The minimum Gasteiger partial charge on any atom is -0.383 e. The van der Waals surface area contributed by atoms with Crippen LogP contribution in [0, 0.1) is 0 Å². The van der Waals surface area contributed by atoms with Crippen molar-refractivity contribution in [3.05, 3.63) is 28.5 Å². The van der Waals surface area contributed by atoms with Gasteiger partial charge in [-0.25, -0.2) is 0 Å². The van der Waals surface area contributed by atoms with Crippen LogP contribution in [0.3, 0.4) is 0 Å². The summed E-state index contributed by atoms with van der Waals surface area (Å²) in [7, 11) is 1.71. The Morgan fingerprint density at radius 1 is 1.44 bits per heavy atom. The molecular weight excluding hydrogens is 291 g/mol. The molecule has 5 heteroatoms. The molecule has 0 radical (unpaired) electrons. The van der Waals surface area contributed by atoms with Crippen LogP contribution in [0.1, 0.15) is 5.56 Å². The fourth-order valence-corrected chi connectivity index (χ4v) is 2.06. The minimum absolute atomic E-state index is 0.630. The number of nitrogens with zero attached hydrogens (tertiary/aromatic N) is 2. The number of ether oxygens (including phenoxy) is 1. The van der Waals surface area contributed by atoms with Crippen LogP contribution >= 0.6 is 27.5 Å². The number of methoxy groups -OCH3 is 1. The zero-order valence-corrected chi connectivity index (χ0v) is 11.7. The zero-order chi connectivity index (χ0) is 11.8. The highest BCUT2D eigenvalue weighted by Gasteiger charge is 2.05. The van der Waals surface area contributed by atoms with Crippen molar-refractivity contribution in [1.29, 1.82) is 0 Å². The van der Waals surface area contributed by atoms with E-state index in [0.717, 1.165) is 30.7 Å². The highest BCUT2D eigenvalue weighted by Crippen LogP contribution is 2.11. The van der Waals surface area contributed by atoms with Gasteiger partial charge < -0.3 is 4.74 Å². The van der Waals surface area contributed by atoms with Gasteiger partial charge in [-0.15, -0.1) is 11.6 Å². The lowest BCUT2D eigenvalue weighted by atomic mass is 10.2. The quantitative estimate of drug-likeness (QED) is 0.724. The third kappa shape index (κ3) is 5.25. The highest BCUT2D eigenvalue weighted by molar-refractivity contribution is 9.10. The van der Waals surface area contributed by atoms with Crippen molar-refractivity contribution in [2.24, 2.45) is 0 Å². The molecule has 0 spiro atoms. The van der Waals surface area contributed by atoms with Gasteiger partial charge in [-0.05, 0) is 27.6 Å². The van der Waals surface area contributed by atoms with Gasteiger partial charge >= 0.3 is 0 Å². The van der Waals surface area contributed by atoms with Crippen molar-refractivity contribution in [2.75, 3.05) is 32.7 Å². The molecule has 1 aromatic rings. The topological polar surface area (TPSA) is 25.4 Å². The molecule has 1 heterocycles. The lowest BCUT2D eigenvalue weighted by Crippen LogP contribution is -2.28. The standard InChI is InChI=1S/C11H16BrClN2O/c1-16-5-4-15(3-2-13)9-10-6-11(12)8-14-7-10/h6-8H,2-5,9H2,1H3. The molecule has 1 aromatic heterocycles. The summed E-state index contributed by atoms with van der Waals surface area (Å²) in [4.78, 5) is 6.39. The Bertz CT molecular complexity index is 312. The van der Waals surface area contributed by atoms with Crippen molar-refractivity contribution in [3.63, 3.8) is 0 Å². The maximum Gasteiger partial charge on any atom is 0.0589 e. The summed E-state index contributed by atoms with van der Waals surface area (Å²) in [6.45, 7) is 3.31. The molecule has 0 aliphatic rings. The Labute approximate surface area is 110 Å². The number of hydrogen-bond donors (Lipinski definition) is 0. The lowest BCUT2D eigenvalue weighted by Gasteiger charge is -2.20. The Hall–Kier alpha value is -0.160. The van der Waals surface area contributed by atoms with Crippen LogP contribution in [0.5, 0.6) is 0 Å². The molecule has 1 rings (SSSR count). The first-order valence-corrected chi connectivity index (χ1v) is 6.45. The highest BCUT2D eigenvalue weighted by atomic mass is 79.9. The average molecular weight is 308 g/mol. The first-order chi connectivity index (χ1) is 7.76. The molecule has 0 aliphatic carbocycles. The average Bonchev–Trinajstić information content (AvgIpc) is 2.26. The molecule has 16 heavy (non-hydrogen) atoms. The van der Waals surface area contributed by atoms with Crippen LogP contribution in [0.15, 0.2) is 22.9 Å². The lowest BCUT2D eigenvalue weighted by molar-refractivity contribution is 0.148.